The molecule has 4 heteroatoms. The van der Waals surface area contributed by atoms with E-state index >= 15 is 0 Å². The number of carbonyl (C=O) groups is 1. The van der Waals surface area contributed by atoms with E-state index in [0.29, 0.717) is 5.92 Å². The molecule has 1 saturated carbocycles. The lowest BCUT2D eigenvalue weighted by Crippen LogP contribution is -2.45. The predicted molar refractivity (Wildman–Crippen MR) is 64.1 cm³/mol. The molecule has 3 N–H and O–H groups in total. The fourth-order valence-electron chi connectivity index (χ4n) is 2.02. The van der Waals surface area contributed by atoms with E-state index in [9.17, 15) is 4.79 Å². The van der Waals surface area contributed by atoms with Gasteiger partial charge in [0.05, 0.1) is 0 Å². The Hall–Kier alpha value is -0.770. The van der Waals surface area contributed by atoms with Gasteiger partial charge in [0, 0.05) is 12.1 Å². The van der Waals surface area contributed by atoms with Crippen molar-refractivity contribution >= 4 is 6.09 Å². The SMILES string of the molecule is C[C@H]1C[C@H](NC(=O)OC(C)(C)C)CC[C@H]1N. The van der Waals surface area contributed by atoms with Crippen molar-refractivity contribution in [3.05, 3.63) is 0 Å². The minimum absolute atomic E-state index is 0.213. The summed E-state index contributed by atoms with van der Waals surface area (Å²) in [6.07, 6.45) is 2.55. The number of nitrogens with one attached hydrogen (secondary N) is 1. The number of hydrogen-bond donors (Lipinski definition) is 2. The van der Waals surface area contributed by atoms with Crippen LogP contribution in [-0.4, -0.2) is 23.8 Å². The highest BCUT2D eigenvalue weighted by molar-refractivity contribution is 5.68. The molecule has 0 aliphatic heterocycles. The fraction of sp³-hybridized carbons (Fsp3) is 0.917. The van der Waals surface area contributed by atoms with Crippen LogP contribution >= 0.6 is 0 Å². The Bertz CT molecular complexity index is 248. The predicted octanol–water partition coefficient (Wildman–Crippen LogP) is 2.03. The highest BCUT2D eigenvalue weighted by atomic mass is 16.6. The first-order chi connectivity index (χ1) is 7.28. The molecule has 1 aliphatic carbocycles. The normalized spacial score (nSPS) is 30.9. The number of amides is 1. The number of hydrogen-bond acceptors (Lipinski definition) is 3. The van der Waals surface area contributed by atoms with Gasteiger partial charge in [-0.3, -0.25) is 0 Å². The molecule has 1 fully saturated rings. The summed E-state index contributed by atoms with van der Waals surface area (Å²) >= 11 is 0. The lowest BCUT2D eigenvalue weighted by atomic mass is 9.83. The van der Waals surface area contributed by atoms with Gasteiger partial charge in [0.1, 0.15) is 5.60 Å². The zero-order valence-electron chi connectivity index (χ0n) is 10.7. The molecule has 0 bridgehead atoms. The van der Waals surface area contributed by atoms with Crippen molar-refractivity contribution < 1.29 is 9.53 Å². The second-order valence-electron chi connectivity index (χ2n) is 5.80. The number of rotatable bonds is 1. The zero-order chi connectivity index (χ0) is 12.3. The largest absolute Gasteiger partial charge is 0.444 e. The molecular formula is C12H24N2O2. The Morgan fingerprint density at radius 2 is 2.00 bits per heavy atom. The van der Waals surface area contributed by atoms with E-state index < -0.39 is 5.60 Å². The summed E-state index contributed by atoms with van der Waals surface area (Å²) in [5.41, 5.74) is 5.50. The third kappa shape index (κ3) is 4.39. The Morgan fingerprint density at radius 1 is 1.38 bits per heavy atom. The highest BCUT2D eigenvalue weighted by Gasteiger charge is 2.27. The Morgan fingerprint density at radius 3 is 2.50 bits per heavy atom. The van der Waals surface area contributed by atoms with Gasteiger partial charge in [-0.05, 0) is 46.0 Å². The van der Waals surface area contributed by atoms with Crippen molar-refractivity contribution in [1.29, 1.82) is 0 Å². The molecule has 0 aromatic carbocycles. The first kappa shape index (κ1) is 13.3. The molecule has 0 aromatic heterocycles. The van der Waals surface area contributed by atoms with Crippen molar-refractivity contribution in [2.24, 2.45) is 11.7 Å². The second kappa shape index (κ2) is 5.04. The van der Waals surface area contributed by atoms with E-state index in [1.165, 1.54) is 0 Å². The number of carbonyl (C=O) groups excluding carboxylic acids is 1. The third-order valence-corrected chi connectivity index (χ3v) is 2.96. The van der Waals surface area contributed by atoms with Crippen LogP contribution in [0.3, 0.4) is 0 Å². The Balaban J connectivity index is 2.35. The van der Waals surface area contributed by atoms with Crippen molar-refractivity contribution in [3.8, 4) is 0 Å². The maximum atomic E-state index is 11.6. The summed E-state index contributed by atoms with van der Waals surface area (Å²) in [6.45, 7) is 7.73. The lowest BCUT2D eigenvalue weighted by Gasteiger charge is -2.32. The van der Waals surface area contributed by atoms with Crippen molar-refractivity contribution in [2.45, 2.75) is 64.6 Å². The van der Waals surface area contributed by atoms with Gasteiger partial charge in [0.2, 0.25) is 0 Å². The maximum Gasteiger partial charge on any atom is 0.407 e. The molecule has 16 heavy (non-hydrogen) atoms. The van der Waals surface area contributed by atoms with Gasteiger partial charge >= 0.3 is 6.09 Å². The van der Waals surface area contributed by atoms with Crippen LogP contribution in [0.5, 0.6) is 0 Å². The molecule has 1 rings (SSSR count). The molecule has 0 spiro atoms. The van der Waals surface area contributed by atoms with Crippen LogP contribution < -0.4 is 11.1 Å². The number of alkyl carbamates (subject to hydrolysis) is 1. The molecule has 0 saturated heterocycles. The van der Waals surface area contributed by atoms with E-state index in [4.69, 9.17) is 10.5 Å². The molecular weight excluding hydrogens is 204 g/mol. The maximum absolute atomic E-state index is 11.6. The molecule has 3 atom stereocenters. The molecule has 4 nitrogen and oxygen atoms in total. The first-order valence-corrected chi connectivity index (χ1v) is 6.03. The van der Waals surface area contributed by atoms with Crippen LogP contribution in [0.2, 0.25) is 0 Å². The summed E-state index contributed by atoms with van der Waals surface area (Å²) in [5, 5.41) is 2.91. The average molecular weight is 228 g/mol. The lowest BCUT2D eigenvalue weighted by molar-refractivity contribution is 0.0483. The molecule has 1 amide bonds. The Labute approximate surface area is 97.9 Å². The van der Waals surface area contributed by atoms with Gasteiger partial charge in [0.15, 0.2) is 0 Å². The van der Waals surface area contributed by atoms with Crippen LogP contribution in [0.1, 0.15) is 47.0 Å². The molecule has 0 unspecified atom stereocenters. The zero-order valence-corrected chi connectivity index (χ0v) is 10.7. The average Bonchev–Trinajstić information content (AvgIpc) is 2.08. The van der Waals surface area contributed by atoms with Crippen LogP contribution in [0.25, 0.3) is 0 Å². The van der Waals surface area contributed by atoms with Crippen molar-refractivity contribution in [2.75, 3.05) is 0 Å². The van der Waals surface area contributed by atoms with Crippen LogP contribution in [-0.2, 0) is 4.74 Å². The quantitative estimate of drug-likeness (QED) is 0.721. The summed E-state index contributed by atoms with van der Waals surface area (Å²) in [4.78, 5) is 11.6. The fourth-order valence-corrected chi connectivity index (χ4v) is 2.02. The topological polar surface area (TPSA) is 64.3 Å². The van der Waals surface area contributed by atoms with Gasteiger partial charge < -0.3 is 15.8 Å². The standard InChI is InChI=1S/C12H24N2O2/c1-8-7-9(5-6-10(8)13)14-11(15)16-12(2,3)4/h8-10H,5-7,13H2,1-4H3,(H,14,15)/t8-,9+,10+/m0/s1. The monoisotopic (exact) mass is 228 g/mol. The van der Waals surface area contributed by atoms with E-state index in [1.54, 1.807) is 0 Å². The van der Waals surface area contributed by atoms with Gasteiger partial charge in [-0.1, -0.05) is 6.92 Å². The number of nitrogens with two attached hydrogens (primary N) is 1. The minimum Gasteiger partial charge on any atom is -0.444 e. The van der Waals surface area contributed by atoms with Crippen molar-refractivity contribution in [3.63, 3.8) is 0 Å². The first-order valence-electron chi connectivity index (χ1n) is 6.03. The van der Waals surface area contributed by atoms with E-state index in [1.807, 2.05) is 20.8 Å². The highest BCUT2D eigenvalue weighted by Crippen LogP contribution is 2.23. The van der Waals surface area contributed by atoms with Crippen LogP contribution in [0, 0.1) is 5.92 Å². The summed E-state index contributed by atoms with van der Waals surface area (Å²) in [6, 6.07) is 0.487. The van der Waals surface area contributed by atoms with E-state index in [0.717, 1.165) is 19.3 Å². The van der Waals surface area contributed by atoms with Gasteiger partial charge in [-0.25, -0.2) is 4.79 Å². The van der Waals surface area contributed by atoms with Crippen LogP contribution in [0.4, 0.5) is 4.79 Å². The summed E-state index contributed by atoms with van der Waals surface area (Å²) < 4.78 is 5.22. The third-order valence-electron chi connectivity index (χ3n) is 2.96. The second-order valence-corrected chi connectivity index (χ2v) is 5.80. The van der Waals surface area contributed by atoms with Crippen LogP contribution in [0.15, 0.2) is 0 Å². The molecule has 0 aromatic rings. The molecule has 0 heterocycles. The van der Waals surface area contributed by atoms with E-state index in [-0.39, 0.29) is 18.2 Å². The Kier molecular flexibility index (Phi) is 4.19. The number of ether oxygens (including phenoxy) is 1. The molecule has 1 aliphatic rings. The summed E-state index contributed by atoms with van der Waals surface area (Å²) in [5.74, 6) is 0.466. The van der Waals surface area contributed by atoms with Crippen molar-refractivity contribution in [1.82, 2.24) is 5.32 Å². The molecule has 0 radical (unpaired) electrons. The molecule has 94 valence electrons. The van der Waals surface area contributed by atoms with Gasteiger partial charge in [0.25, 0.3) is 0 Å². The van der Waals surface area contributed by atoms with Gasteiger partial charge in [-0.2, -0.15) is 0 Å². The van der Waals surface area contributed by atoms with Gasteiger partial charge in [-0.15, -0.1) is 0 Å². The minimum atomic E-state index is -0.430. The summed E-state index contributed by atoms with van der Waals surface area (Å²) in [7, 11) is 0. The van der Waals surface area contributed by atoms with E-state index in [2.05, 4.69) is 12.2 Å². The smallest absolute Gasteiger partial charge is 0.407 e.